The minimum atomic E-state index is -0.616. The van der Waals surface area contributed by atoms with Gasteiger partial charge in [0, 0.05) is 82.8 Å². The number of likely N-dealkylation sites (tertiary alicyclic amines) is 1. The second-order valence-electron chi connectivity index (χ2n) is 13.6. The molecule has 10 nitrogen and oxygen atoms in total. The fourth-order valence-electron chi connectivity index (χ4n) is 6.01. The SMILES string of the molecule is COCCCOc1cc(C(=O)N(C[C@@H]2CN(C(=O)OC(C)(C)C)C[C@H]2CNC(=O)[C@H]2CC[C@H](OC)CC2)C(C)C)ccc1C. The van der Waals surface area contributed by atoms with Crippen molar-refractivity contribution in [2.75, 3.05) is 53.6 Å². The van der Waals surface area contributed by atoms with Crippen LogP contribution in [0.2, 0.25) is 0 Å². The van der Waals surface area contributed by atoms with E-state index in [1.165, 1.54) is 0 Å². The molecule has 10 heteroatoms. The van der Waals surface area contributed by atoms with E-state index in [0.29, 0.717) is 50.7 Å². The number of methoxy groups -OCH3 is 2. The molecule has 1 saturated heterocycles. The Labute approximate surface area is 264 Å². The van der Waals surface area contributed by atoms with Crippen LogP contribution in [0.5, 0.6) is 5.75 Å². The summed E-state index contributed by atoms with van der Waals surface area (Å²) in [4.78, 5) is 43.7. The standard InChI is InChI=1S/C34H55N3O7/c1-23(2)37(32(39)26-11-10-24(3)30(18-26)43-17-9-16-41-7)22-28-21-36(33(40)44-34(4,5)6)20-27(28)19-35-31(38)25-12-14-29(42-8)15-13-25/h10-11,18,23,25,27-29H,9,12-17,19-22H2,1-8H3,(H,35,38)/t25-,27-,28+,29-/m1/s1. The Hall–Kier alpha value is -2.85. The molecule has 2 aliphatic rings. The smallest absolute Gasteiger partial charge is 0.410 e. The Bertz CT molecular complexity index is 1090. The van der Waals surface area contributed by atoms with Crippen LogP contribution in [0.3, 0.4) is 0 Å². The van der Waals surface area contributed by atoms with Crippen LogP contribution < -0.4 is 10.1 Å². The van der Waals surface area contributed by atoms with Crippen molar-refractivity contribution in [2.45, 2.75) is 91.4 Å². The largest absolute Gasteiger partial charge is 0.493 e. The van der Waals surface area contributed by atoms with E-state index in [1.54, 1.807) is 19.1 Å². The summed E-state index contributed by atoms with van der Waals surface area (Å²) in [7, 11) is 3.39. The zero-order chi connectivity index (χ0) is 32.4. The molecular weight excluding hydrogens is 562 g/mol. The third kappa shape index (κ3) is 10.4. The lowest BCUT2D eigenvalue weighted by Gasteiger charge is -2.32. The van der Waals surface area contributed by atoms with Gasteiger partial charge < -0.3 is 34.1 Å². The molecule has 3 amide bonds. The first-order valence-corrected chi connectivity index (χ1v) is 16.1. The number of nitrogens with one attached hydrogen (secondary N) is 1. The Kier molecular flexibility index (Phi) is 13.3. The number of hydrogen-bond acceptors (Lipinski definition) is 7. The minimum absolute atomic E-state index is 0.0199. The first-order valence-electron chi connectivity index (χ1n) is 16.1. The van der Waals surface area contributed by atoms with Crippen LogP contribution in [0.4, 0.5) is 4.79 Å². The Balaban J connectivity index is 1.74. The molecule has 2 atom stereocenters. The van der Waals surface area contributed by atoms with E-state index in [1.807, 2.05) is 64.6 Å². The van der Waals surface area contributed by atoms with Gasteiger partial charge >= 0.3 is 6.09 Å². The fraction of sp³-hybridized carbons (Fsp3) is 0.735. The van der Waals surface area contributed by atoms with Crippen molar-refractivity contribution < 1.29 is 33.3 Å². The Morgan fingerprint density at radius 3 is 2.32 bits per heavy atom. The molecule has 0 unspecified atom stereocenters. The summed E-state index contributed by atoms with van der Waals surface area (Å²) in [5.41, 5.74) is 0.907. The Morgan fingerprint density at radius 2 is 1.70 bits per heavy atom. The second-order valence-corrected chi connectivity index (χ2v) is 13.6. The van der Waals surface area contributed by atoms with E-state index in [9.17, 15) is 14.4 Å². The van der Waals surface area contributed by atoms with Crippen molar-refractivity contribution in [2.24, 2.45) is 17.8 Å². The molecule has 1 aliphatic heterocycles. The van der Waals surface area contributed by atoms with E-state index in [0.717, 1.165) is 37.7 Å². The van der Waals surface area contributed by atoms with Crippen molar-refractivity contribution in [3.8, 4) is 5.75 Å². The van der Waals surface area contributed by atoms with E-state index in [-0.39, 0.29) is 47.8 Å². The van der Waals surface area contributed by atoms with Gasteiger partial charge in [-0.2, -0.15) is 0 Å². The fourth-order valence-corrected chi connectivity index (χ4v) is 6.01. The lowest BCUT2D eigenvalue weighted by atomic mass is 9.86. The average molecular weight is 618 g/mol. The maximum absolute atomic E-state index is 13.9. The lowest BCUT2D eigenvalue weighted by Crippen LogP contribution is -2.44. The molecule has 44 heavy (non-hydrogen) atoms. The third-order valence-corrected chi connectivity index (χ3v) is 8.65. The Morgan fingerprint density at radius 1 is 1.02 bits per heavy atom. The zero-order valence-corrected chi connectivity index (χ0v) is 28.1. The number of rotatable bonds is 13. The van der Waals surface area contributed by atoms with E-state index >= 15 is 0 Å². The van der Waals surface area contributed by atoms with E-state index < -0.39 is 5.60 Å². The number of nitrogens with zero attached hydrogens (tertiary/aromatic N) is 2. The van der Waals surface area contributed by atoms with Crippen LogP contribution in [0.15, 0.2) is 18.2 Å². The minimum Gasteiger partial charge on any atom is -0.493 e. The van der Waals surface area contributed by atoms with Crippen LogP contribution in [-0.2, 0) is 19.0 Å². The first kappa shape index (κ1) is 35.6. The summed E-state index contributed by atoms with van der Waals surface area (Å²) in [6.45, 7) is 14.4. The highest BCUT2D eigenvalue weighted by molar-refractivity contribution is 5.95. The molecule has 0 bridgehead atoms. The van der Waals surface area contributed by atoms with Gasteiger partial charge in [-0.3, -0.25) is 9.59 Å². The zero-order valence-electron chi connectivity index (χ0n) is 28.1. The van der Waals surface area contributed by atoms with Gasteiger partial charge in [0.2, 0.25) is 5.91 Å². The topological polar surface area (TPSA) is 107 Å². The van der Waals surface area contributed by atoms with E-state index in [4.69, 9.17) is 18.9 Å². The second kappa shape index (κ2) is 16.5. The summed E-state index contributed by atoms with van der Waals surface area (Å²) in [6, 6.07) is 5.50. The number of benzene rings is 1. The molecule has 1 aromatic carbocycles. The van der Waals surface area contributed by atoms with Crippen molar-refractivity contribution in [1.29, 1.82) is 0 Å². The third-order valence-electron chi connectivity index (χ3n) is 8.65. The molecule has 1 N–H and O–H groups in total. The van der Waals surface area contributed by atoms with Gasteiger partial charge in [0.1, 0.15) is 11.4 Å². The van der Waals surface area contributed by atoms with Crippen molar-refractivity contribution >= 4 is 17.9 Å². The number of amides is 3. The highest BCUT2D eigenvalue weighted by atomic mass is 16.6. The molecule has 3 rings (SSSR count). The summed E-state index contributed by atoms with van der Waals surface area (Å²) < 4.78 is 22.2. The van der Waals surface area contributed by atoms with Crippen molar-refractivity contribution in [3.63, 3.8) is 0 Å². The van der Waals surface area contributed by atoms with Crippen LogP contribution >= 0.6 is 0 Å². The monoisotopic (exact) mass is 617 g/mol. The first-order chi connectivity index (χ1) is 20.8. The van der Waals surface area contributed by atoms with Crippen molar-refractivity contribution in [3.05, 3.63) is 29.3 Å². The normalized spacial score (nSPS) is 22.2. The molecular formula is C34H55N3O7. The summed E-state index contributed by atoms with van der Waals surface area (Å²) in [5, 5.41) is 3.18. The molecule has 1 aliphatic carbocycles. The predicted molar refractivity (Wildman–Crippen MR) is 170 cm³/mol. The van der Waals surface area contributed by atoms with Crippen molar-refractivity contribution in [1.82, 2.24) is 15.1 Å². The van der Waals surface area contributed by atoms with Crippen LogP contribution in [0.1, 0.15) is 82.6 Å². The highest BCUT2D eigenvalue weighted by Gasteiger charge is 2.39. The van der Waals surface area contributed by atoms with Gasteiger partial charge in [0.15, 0.2) is 0 Å². The summed E-state index contributed by atoms with van der Waals surface area (Å²) in [5.74, 6) is 0.581. The quantitative estimate of drug-likeness (QED) is 0.308. The maximum atomic E-state index is 13.9. The molecule has 1 heterocycles. The number of carbonyl (C=O) groups is 3. The van der Waals surface area contributed by atoms with Gasteiger partial charge in [0.25, 0.3) is 5.91 Å². The number of carbonyl (C=O) groups excluding carboxylic acids is 3. The maximum Gasteiger partial charge on any atom is 0.410 e. The molecule has 0 aromatic heterocycles. The summed E-state index contributed by atoms with van der Waals surface area (Å²) >= 11 is 0. The average Bonchev–Trinajstić information content (AvgIpc) is 3.39. The number of ether oxygens (including phenoxy) is 4. The van der Waals surface area contributed by atoms with Gasteiger partial charge in [-0.05, 0) is 84.9 Å². The molecule has 0 spiro atoms. The van der Waals surface area contributed by atoms with Gasteiger partial charge in [-0.25, -0.2) is 4.79 Å². The lowest BCUT2D eigenvalue weighted by molar-refractivity contribution is -0.127. The highest BCUT2D eigenvalue weighted by Crippen LogP contribution is 2.30. The molecule has 1 saturated carbocycles. The van der Waals surface area contributed by atoms with Gasteiger partial charge in [-0.1, -0.05) is 6.07 Å². The summed E-state index contributed by atoms with van der Waals surface area (Å²) in [6.07, 6.45) is 4.01. The van der Waals surface area contributed by atoms with Crippen LogP contribution in [0, 0.1) is 24.7 Å². The molecule has 1 aromatic rings. The molecule has 2 fully saturated rings. The molecule has 248 valence electrons. The van der Waals surface area contributed by atoms with Gasteiger partial charge in [-0.15, -0.1) is 0 Å². The number of hydrogen-bond donors (Lipinski definition) is 1. The van der Waals surface area contributed by atoms with Crippen LogP contribution in [-0.4, -0.2) is 99.1 Å². The molecule has 0 radical (unpaired) electrons. The predicted octanol–water partition coefficient (Wildman–Crippen LogP) is 5.07. The van der Waals surface area contributed by atoms with Crippen LogP contribution in [0.25, 0.3) is 0 Å². The van der Waals surface area contributed by atoms with Gasteiger partial charge in [0.05, 0.1) is 12.7 Å². The van der Waals surface area contributed by atoms with E-state index in [2.05, 4.69) is 5.32 Å². The number of aryl methyl sites for hydroxylation is 1.